The van der Waals surface area contributed by atoms with Crippen LogP contribution in [0, 0.1) is 10.8 Å². The second kappa shape index (κ2) is 5.42. The standard InChI is InChI=1S/C17H28O/c1-13(2)8-7-9-15-10-11-17(6,14(3)18)16(4,5)12-15/h8,10H,7,9,11-12H2,1-6H3. The lowest BCUT2D eigenvalue weighted by atomic mass is 9.57. The normalized spacial score (nSPS) is 26.4. The fourth-order valence-electron chi connectivity index (χ4n) is 2.82. The fraction of sp³-hybridized carbons (Fsp3) is 0.706. The first-order valence-electron chi connectivity index (χ1n) is 7.01. The average molecular weight is 248 g/mol. The minimum atomic E-state index is -0.187. The van der Waals surface area contributed by atoms with Crippen LogP contribution in [0.2, 0.25) is 0 Å². The zero-order valence-corrected chi connectivity index (χ0v) is 12.9. The molecule has 1 aliphatic carbocycles. The summed E-state index contributed by atoms with van der Waals surface area (Å²) in [5, 5.41) is 0. The Labute approximate surface area is 112 Å². The Kier molecular flexibility index (Phi) is 4.58. The predicted octanol–water partition coefficient (Wildman–Crippen LogP) is 5.07. The van der Waals surface area contributed by atoms with Crippen molar-refractivity contribution in [2.24, 2.45) is 10.8 Å². The van der Waals surface area contributed by atoms with Crippen LogP contribution in [0.4, 0.5) is 0 Å². The number of hydrogen-bond donors (Lipinski definition) is 0. The van der Waals surface area contributed by atoms with E-state index in [1.54, 1.807) is 6.92 Å². The van der Waals surface area contributed by atoms with E-state index in [2.05, 4.69) is 46.8 Å². The lowest BCUT2D eigenvalue weighted by Crippen LogP contribution is -2.43. The van der Waals surface area contributed by atoms with Crippen molar-refractivity contribution in [1.29, 1.82) is 0 Å². The van der Waals surface area contributed by atoms with Crippen molar-refractivity contribution in [3.63, 3.8) is 0 Å². The van der Waals surface area contributed by atoms with E-state index in [1.807, 2.05) is 0 Å². The van der Waals surface area contributed by atoms with E-state index in [1.165, 1.54) is 11.1 Å². The molecule has 1 nitrogen and oxygen atoms in total. The van der Waals surface area contributed by atoms with Gasteiger partial charge in [0.15, 0.2) is 0 Å². The molecular weight excluding hydrogens is 220 g/mol. The van der Waals surface area contributed by atoms with Crippen molar-refractivity contribution in [2.75, 3.05) is 0 Å². The Morgan fingerprint density at radius 3 is 2.33 bits per heavy atom. The molecule has 0 saturated heterocycles. The summed E-state index contributed by atoms with van der Waals surface area (Å²) in [6.45, 7) is 12.6. The van der Waals surface area contributed by atoms with Gasteiger partial charge in [0.05, 0.1) is 0 Å². The average Bonchev–Trinajstić information content (AvgIpc) is 2.22. The van der Waals surface area contributed by atoms with E-state index in [0.717, 1.165) is 25.7 Å². The maximum absolute atomic E-state index is 11.9. The van der Waals surface area contributed by atoms with Gasteiger partial charge >= 0.3 is 0 Å². The topological polar surface area (TPSA) is 17.1 Å². The van der Waals surface area contributed by atoms with Gasteiger partial charge in [-0.15, -0.1) is 0 Å². The van der Waals surface area contributed by atoms with Gasteiger partial charge in [-0.25, -0.2) is 0 Å². The molecular formula is C17H28O. The largest absolute Gasteiger partial charge is 0.299 e. The lowest BCUT2D eigenvalue weighted by molar-refractivity contribution is -0.132. The molecule has 1 rings (SSSR count). The highest BCUT2D eigenvalue weighted by Gasteiger charge is 2.46. The summed E-state index contributed by atoms with van der Waals surface area (Å²) in [5.74, 6) is 0.326. The monoisotopic (exact) mass is 248 g/mol. The van der Waals surface area contributed by atoms with Crippen LogP contribution in [0.5, 0.6) is 0 Å². The number of allylic oxidation sites excluding steroid dienone is 4. The molecule has 102 valence electrons. The summed E-state index contributed by atoms with van der Waals surface area (Å²) in [6, 6.07) is 0. The maximum Gasteiger partial charge on any atom is 0.136 e. The van der Waals surface area contributed by atoms with E-state index < -0.39 is 0 Å². The number of carbonyl (C=O) groups excluding carboxylic acids is 1. The van der Waals surface area contributed by atoms with Gasteiger partial charge in [-0.05, 0) is 51.9 Å². The molecule has 0 aromatic rings. The summed E-state index contributed by atoms with van der Waals surface area (Å²) < 4.78 is 0. The van der Waals surface area contributed by atoms with Crippen molar-refractivity contribution in [3.05, 3.63) is 23.3 Å². The highest BCUT2D eigenvalue weighted by molar-refractivity contribution is 5.83. The number of hydrogen-bond acceptors (Lipinski definition) is 1. The van der Waals surface area contributed by atoms with Gasteiger partial charge in [0.25, 0.3) is 0 Å². The van der Waals surface area contributed by atoms with Gasteiger partial charge in [-0.2, -0.15) is 0 Å². The molecule has 18 heavy (non-hydrogen) atoms. The highest BCUT2D eigenvalue weighted by Crippen LogP contribution is 2.50. The Morgan fingerprint density at radius 2 is 1.89 bits per heavy atom. The van der Waals surface area contributed by atoms with Gasteiger partial charge < -0.3 is 0 Å². The Bertz CT molecular complexity index is 380. The Balaban J connectivity index is 2.76. The molecule has 0 aliphatic heterocycles. The summed E-state index contributed by atoms with van der Waals surface area (Å²) in [6.07, 6.45) is 8.83. The van der Waals surface area contributed by atoms with Gasteiger partial charge in [-0.1, -0.05) is 44.1 Å². The molecule has 0 heterocycles. The van der Waals surface area contributed by atoms with Gasteiger partial charge in [0.1, 0.15) is 5.78 Å². The third-order valence-electron chi connectivity index (χ3n) is 4.76. The molecule has 0 saturated carbocycles. The number of rotatable bonds is 4. The molecule has 0 radical (unpaired) electrons. The molecule has 1 aliphatic rings. The first-order chi connectivity index (χ1) is 8.19. The molecule has 0 spiro atoms. The van der Waals surface area contributed by atoms with Crippen LogP contribution in [0.15, 0.2) is 23.3 Å². The second-order valence-corrected chi connectivity index (χ2v) is 6.84. The van der Waals surface area contributed by atoms with Gasteiger partial charge in [0.2, 0.25) is 0 Å². The van der Waals surface area contributed by atoms with Crippen molar-refractivity contribution in [1.82, 2.24) is 0 Å². The van der Waals surface area contributed by atoms with Gasteiger partial charge in [0, 0.05) is 5.41 Å². The summed E-state index contributed by atoms with van der Waals surface area (Å²) in [4.78, 5) is 11.9. The molecule has 0 fully saturated rings. The summed E-state index contributed by atoms with van der Waals surface area (Å²) in [5.41, 5.74) is 2.80. The van der Waals surface area contributed by atoms with Crippen LogP contribution in [0.1, 0.15) is 67.2 Å². The summed E-state index contributed by atoms with van der Waals surface area (Å²) in [7, 11) is 0. The first kappa shape index (κ1) is 15.2. The molecule has 0 amide bonds. The Morgan fingerprint density at radius 1 is 1.28 bits per heavy atom. The van der Waals surface area contributed by atoms with Crippen LogP contribution >= 0.6 is 0 Å². The SMILES string of the molecule is CC(=O)C1(C)CC=C(CCC=C(C)C)CC1(C)C. The van der Waals surface area contributed by atoms with Crippen LogP contribution in [0.3, 0.4) is 0 Å². The quantitative estimate of drug-likeness (QED) is 0.634. The second-order valence-electron chi connectivity index (χ2n) is 6.84. The number of ketones is 1. The molecule has 0 aromatic carbocycles. The van der Waals surface area contributed by atoms with Crippen molar-refractivity contribution < 1.29 is 4.79 Å². The third-order valence-corrected chi connectivity index (χ3v) is 4.76. The molecule has 0 bridgehead atoms. The Hall–Kier alpha value is -0.850. The lowest BCUT2D eigenvalue weighted by Gasteiger charge is -2.46. The van der Waals surface area contributed by atoms with Crippen LogP contribution < -0.4 is 0 Å². The molecule has 1 atom stereocenters. The van der Waals surface area contributed by atoms with E-state index in [-0.39, 0.29) is 10.8 Å². The van der Waals surface area contributed by atoms with E-state index in [0.29, 0.717) is 5.78 Å². The smallest absolute Gasteiger partial charge is 0.136 e. The van der Waals surface area contributed by atoms with Crippen molar-refractivity contribution in [3.8, 4) is 0 Å². The maximum atomic E-state index is 11.9. The van der Waals surface area contributed by atoms with Crippen molar-refractivity contribution >= 4 is 5.78 Å². The van der Waals surface area contributed by atoms with Crippen LogP contribution in [-0.2, 0) is 4.79 Å². The number of Topliss-reactive ketones (excluding diaryl/α,β-unsaturated/α-hetero) is 1. The molecule has 1 unspecified atom stereocenters. The van der Waals surface area contributed by atoms with Gasteiger partial charge in [-0.3, -0.25) is 4.79 Å². The zero-order chi connectivity index (χ0) is 14.0. The first-order valence-corrected chi connectivity index (χ1v) is 7.01. The van der Waals surface area contributed by atoms with E-state index >= 15 is 0 Å². The van der Waals surface area contributed by atoms with E-state index in [4.69, 9.17) is 0 Å². The molecule has 1 heteroatoms. The predicted molar refractivity (Wildman–Crippen MR) is 78.6 cm³/mol. The third kappa shape index (κ3) is 3.13. The van der Waals surface area contributed by atoms with Crippen molar-refractivity contribution in [2.45, 2.75) is 67.2 Å². The molecule has 0 aromatic heterocycles. The minimum Gasteiger partial charge on any atom is -0.299 e. The zero-order valence-electron chi connectivity index (χ0n) is 12.9. The summed E-state index contributed by atoms with van der Waals surface area (Å²) >= 11 is 0. The highest BCUT2D eigenvalue weighted by atomic mass is 16.1. The number of carbonyl (C=O) groups is 1. The minimum absolute atomic E-state index is 0.0773. The van der Waals surface area contributed by atoms with E-state index in [9.17, 15) is 4.79 Å². The van der Waals surface area contributed by atoms with Crippen LogP contribution in [-0.4, -0.2) is 5.78 Å². The molecule has 0 N–H and O–H groups in total. The van der Waals surface area contributed by atoms with Crippen LogP contribution in [0.25, 0.3) is 0 Å². The fourth-order valence-corrected chi connectivity index (χ4v) is 2.82.